The van der Waals surface area contributed by atoms with E-state index in [4.69, 9.17) is 14.7 Å². The highest BCUT2D eigenvalue weighted by Gasteiger charge is 2.11. The van der Waals surface area contributed by atoms with Gasteiger partial charge in [-0.15, -0.1) is 5.10 Å². The molecule has 0 aliphatic heterocycles. The van der Waals surface area contributed by atoms with Gasteiger partial charge in [0.2, 0.25) is 5.16 Å². The van der Waals surface area contributed by atoms with E-state index in [2.05, 4.69) is 20.7 Å². The maximum atomic E-state index is 10.5. The summed E-state index contributed by atoms with van der Waals surface area (Å²) in [6.45, 7) is 0. The molecule has 0 unspecified atom stereocenters. The quantitative estimate of drug-likeness (QED) is 0.523. The van der Waals surface area contributed by atoms with Gasteiger partial charge in [-0.2, -0.15) is 0 Å². The van der Waals surface area contributed by atoms with Gasteiger partial charge in [0.1, 0.15) is 11.4 Å². The van der Waals surface area contributed by atoms with Gasteiger partial charge < -0.3 is 9.84 Å². The van der Waals surface area contributed by atoms with Gasteiger partial charge in [0, 0.05) is 5.56 Å². The Kier molecular flexibility index (Phi) is 5.01. The third-order valence-corrected chi connectivity index (χ3v) is 3.31. The molecular weight excluding hydrogens is 296 g/mol. The summed E-state index contributed by atoms with van der Waals surface area (Å²) >= 11 is 1.05. The summed E-state index contributed by atoms with van der Waals surface area (Å²) in [6, 6.07) is 5.36. The summed E-state index contributed by atoms with van der Waals surface area (Å²) in [4.78, 5) is 19.6. The molecule has 112 valence electrons. The molecule has 0 spiro atoms. The van der Waals surface area contributed by atoms with E-state index in [0.717, 1.165) is 17.3 Å². The summed E-state index contributed by atoms with van der Waals surface area (Å²) < 4.78 is 5.20. The van der Waals surface area contributed by atoms with E-state index in [1.54, 1.807) is 19.2 Å². The lowest BCUT2D eigenvalue weighted by atomic mass is 10.2. The Bertz CT molecular complexity index is 631. The molecule has 2 aromatic rings. The van der Waals surface area contributed by atoms with E-state index in [-0.39, 0.29) is 5.75 Å². The molecule has 9 heteroatoms. The lowest BCUT2D eigenvalue weighted by Crippen LogP contribution is -1.99. The van der Waals surface area contributed by atoms with Crippen LogP contribution < -0.4 is 10.2 Å². The van der Waals surface area contributed by atoms with Gasteiger partial charge in [-0.05, 0) is 18.2 Å². The zero-order valence-corrected chi connectivity index (χ0v) is 12.2. The number of ether oxygens (including phenoxy) is 1. The molecule has 0 aliphatic rings. The summed E-state index contributed by atoms with van der Waals surface area (Å²) in [5, 5.41) is 15.7. The van der Waals surface area contributed by atoms with Gasteiger partial charge in [0.05, 0.1) is 20.0 Å². The Hall–Kier alpha value is -2.26. The Labute approximate surface area is 124 Å². The number of carboxylic acids is 1. The lowest BCUT2D eigenvalue weighted by Gasteiger charge is -2.10. The number of thioether (sulfide) groups is 1. The van der Waals surface area contributed by atoms with Crippen LogP contribution in [0.15, 0.2) is 23.4 Å². The molecule has 3 N–H and O–H groups in total. The Morgan fingerprint density at radius 1 is 1.48 bits per heavy atom. The number of aliphatic carboxylic acids is 1. The van der Waals surface area contributed by atoms with Crippen molar-refractivity contribution in [2.45, 2.75) is 5.16 Å². The van der Waals surface area contributed by atoms with Crippen molar-refractivity contribution in [3.05, 3.63) is 18.2 Å². The van der Waals surface area contributed by atoms with E-state index < -0.39 is 5.97 Å². The second kappa shape index (κ2) is 6.95. The van der Waals surface area contributed by atoms with Crippen LogP contribution in [-0.2, 0) is 9.63 Å². The van der Waals surface area contributed by atoms with E-state index in [9.17, 15) is 4.79 Å². The van der Waals surface area contributed by atoms with Crippen LogP contribution in [0.25, 0.3) is 11.4 Å². The molecule has 2 rings (SSSR count). The molecule has 1 heterocycles. The molecule has 0 saturated heterocycles. The first-order chi connectivity index (χ1) is 10.1. The fourth-order valence-corrected chi connectivity index (χ4v) is 2.13. The normalized spacial score (nSPS) is 10.4. The van der Waals surface area contributed by atoms with Crippen molar-refractivity contribution in [3.63, 3.8) is 0 Å². The number of aromatic amines is 1. The first-order valence-electron chi connectivity index (χ1n) is 5.88. The Morgan fingerprint density at radius 3 is 2.95 bits per heavy atom. The van der Waals surface area contributed by atoms with E-state index in [1.165, 1.54) is 7.11 Å². The highest BCUT2D eigenvalue weighted by molar-refractivity contribution is 7.99. The number of hydrogen-bond donors (Lipinski definition) is 3. The average molecular weight is 310 g/mol. The standard InChI is InChI=1S/C12H14N4O4S/c1-19-9-4-3-7(5-8(9)16-20-2)11-13-12(15-14-11)21-6-10(17)18/h3-5,16H,6H2,1-2H3,(H,17,18)(H,13,14,15). The van der Waals surface area contributed by atoms with Crippen LogP contribution in [0.2, 0.25) is 0 Å². The van der Waals surface area contributed by atoms with Crippen molar-refractivity contribution in [1.29, 1.82) is 0 Å². The Morgan fingerprint density at radius 2 is 2.29 bits per heavy atom. The second-order valence-electron chi connectivity index (χ2n) is 3.87. The molecular formula is C12H14N4O4S. The van der Waals surface area contributed by atoms with Crippen molar-refractivity contribution in [3.8, 4) is 17.1 Å². The summed E-state index contributed by atoms with van der Waals surface area (Å²) in [7, 11) is 3.06. The van der Waals surface area contributed by atoms with Crippen LogP contribution in [0.3, 0.4) is 0 Å². The van der Waals surface area contributed by atoms with Crippen LogP contribution in [-0.4, -0.2) is 46.2 Å². The summed E-state index contributed by atoms with van der Waals surface area (Å²) in [5.41, 5.74) is 4.13. The van der Waals surface area contributed by atoms with E-state index >= 15 is 0 Å². The summed E-state index contributed by atoms with van der Waals surface area (Å²) in [6.07, 6.45) is 0. The predicted octanol–water partition coefficient (Wildman–Crippen LogP) is 1.63. The zero-order chi connectivity index (χ0) is 15.2. The number of hydrogen-bond acceptors (Lipinski definition) is 7. The van der Waals surface area contributed by atoms with Crippen molar-refractivity contribution in [1.82, 2.24) is 15.2 Å². The topological polar surface area (TPSA) is 109 Å². The number of H-pyrrole nitrogens is 1. The third-order valence-electron chi connectivity index (χ3n) is 2.47. The molecule has 0 atom stereocenters. The molecule has 0 aliphatic carbocycles. The second-order valence-corrected chi connectivity index (χ2v) is 4.81. The van der Waals surface area contributed by atoms with Crippen molar-refractivity contribution in [2.75, 3.05) is 25.5 Å². The third kappa shape index (κ3) is 3.86. The number of carbonyl (C=O) groups is 1. The van der Waals surface area contributed by atoms with Gasteiger partial charge in [-0.3, -0.25) is 20.2 Å². The highest BCUT2D eigenvalue weighted by Crippen LogP contribution is 2.29. The fraction of sp³-hybridized carbons (Fsp3) is 0.250. The minimum Gasteiger partial charge on any atom is -0.495 e. The zero-order valence-electron chi connectivity index (χ0n) is 11.4. The highest BCUT2D eigenvalue weighted by atomic mass is 32.2. The molecule has 21 heavy (non-hydrogen) atoms. The lowest BCUT2D eigenvalue weighted by molar-refractivity contribution is -0.133. The number of carboxylic acid groups (broad SMARTS) is 1. The van der Waals surface area contributed by atoms with Gasteiger partial charge in [-0.25, -0.2) is 4.98 Å². The molecule has 1 aromatic heterocycles. The van der Waals surface area contributed by atoms with Gasteiger partial charge >= 0.3 is 5.97 Å². The minimum atomic E-state index is -0.914. The molecule has 1 aromatic carbocycles. The van der Waals surface area contributed by atoms with Crippen molar-refractivity contribution in [2.24, 2.45) is 0 Å². The molecule has 0 fully saturated rings. The van der Waals surface area contributed by atoms with Crippen molar-refractivity contribution < 1.29 is 19.5 Å². The molecule has 0 amide bonds. The number of rotatable bonds is 7. The first-order valence-corrected chi connectivity index (χ1v) is 6.87. The number of nitrogens with one attached hydrogen (secondary N) is 2. The first kappa shape index (κ1) is 15.1. The smallest absolute Gasteiger partial charge is 0.313 e. The monoisotopic (exact) mass is 310 g/mol. The largest absolute Gasteiger partial charge is 0.495 e. The maximum Gasteiger partial charge on any atom is 0.313 e. The van der Waals surface area contributed by atoms with Gasteiger partial charge in [0.15, 0.2) is 5.82 Å². The van der Waals surface area contributed by atoms with Gasteiger partial charge in [0.25, 0.3) is 0 Å². The van der Waals surface area contributed by atoms with Crippen LogP contribution in [0.1, 0.15) is 0 Å². The van der Waals surface area contributed by atoms with Gasteiger partial charge in [-0.1, -0.05) is 11.8 Å². The number of aromatic nitrogens is 3. The van der Waals surface area contributed by atoms with Crippen LogP contribution in [0.5, 0.6) is 5.75 Å². The fourth-order valence-electron chi connectivity index (χ4n) is 1.61. The van der Waals surface area contributed by atoms with Crippen molar-refractivity contribution >= 4 is 23.4 Å². The number of benzene rings is 1. The number of nitrogens with zero attached hydrogens (tertiary/aromatic N) is 2. The SMILES string of the molecule is CONc1cc(-c2nc(SCC(=O)O)n[nH]2)ccc1OC. The molecule has 0 radical (unpaired) electrons. The maximum absolute atomic E-state index is 10.5. The number of anilines is 1. The number of methoxy groups -OCH3 is 1. The predicted molar refractivity (Wildman–Crippen MR) is 77.4 cm³/mol. The summed E-state index contributed by atoms with van der Waals surface area (Å²) in [5.74, 6) is 0.156. The average Bonchev–Trinajstić information content (AvgIpc) is 2.94. The molecule has 0 bridgehead atoms. The molecule has 8 nitrogen and oxygen atoms in total. The van der Waals surface area contributed by atoms with E-state index in [1.807, 2.05) is 6.07 Å². The molecule has 0 saturated carbocycles. The van der Waals surface area contributed by atoms with Crippen LogP contribution in [0.4, 0.5) is 5.69 Å². The Balaban J connectivity index is 2.21. The van der Waals surface area contributed by atoms with Crippen LogP contribution in [0, 0.1) is 0 Å². The minimum absolute atomic E-state index is 0.0869. The van der Waals surface area contributed by atoms with E-state index in [0.29, 0.717) is 22.4 Å². The van der Waals surface area contributed by atoms with Crippen LogP contribution >= 0.6 is 11.8 Å².